The highest BCUT2D eigenvalue weighted by molar-refractivity contribution is 7.93. The number of likely N-dealkylation sites (tertiary alicyclic amines) is 1. The highest BCUT2D eigenvalue weighted by Crippen LogP contribution is 2.33. The first-order valence-electron chi connectivity index (χ1n) is 10.0. The molecule has 0 aliphatic carbocycles. The molecule has 1 aromatic carbocycles. The molecule has 0 radical (unpaired) electrons. The van der Waals surface area contributed by atoms with E-state index >= 15 is 0 Å². The van der Waals surface area contributed by atoms with Crippen molar-refractivity contribution in [1.29, 1.82) is 0 Å². The lowest BCUT2D eigenvalue weighted by atomic mass is 9.95. The lowest BCUT2D eigenvalue weighted by molar-refractivity contribution is -0.133. The molecule has 0 N–H and O–H groups in total. The third-order valence-electron chi connectivity index (χ3n) is 6.11. The van der Waals surface area contributed by atoms with Crippen LogP contribution in [0.15, 0.2) is 24.3 Å². The maximum Gasteiger partial charge on any atom is 0.239 e. The van der Waals surface area contributed by atoms with E-state index < -0.39 is 15.3 Å². The average Bonchev–Trinajstić information content (AvgIpc) is 3.14. The number of hydrogen-bond acceptors (Lipinski definition) is 4. The van der Waals surface area contributed by atoms with Crippen LogP contribution >= 0.6 is 0 Å². The zero-order valence-corrected chi connectivity index (χ0v) is 16.5. The summed E-state index contributed by atoms with van der Waals surface area (Å²) < 4.78 is 33.5. The van der Waals surface area contributed by atoms with Crippen LogP contribution in [0.2, 0.25) is 0 Å². The van der Waals surface area contributed by atoms with E-state index in [4.69, 9.17) is 4.74 Å². The topological polar surface area (TPSA) is 66.9 Å². The van der Waals surface area contributed by atoms with Crippen LogP contribution in [0.25, 0.3) is 0 Å². The predicted molar refractivity (Wildman–Crippen MR) is 104 cm³/mol. The van der Waals surface area contributed by atoms with Crippen LogP contribution in [0, 0.1) is 5.92 Å². The Hall–Kier alpha value is -1.60. The molecule has 6 nitrogen and oxygen atoms in total. The van der Waals surface area contributed by atoms with Crippen molar-refractivity contribution in [2.45, 2.75) is 43.8 Å². The van der Waals surface area contributed by atoms with Gasteiger partial charge < -0.3 is 9.64 Å². The largest absolute Gasteiger partial charge is 0.381 e. The number of para-hydroxylation sites is 1. The van der Waals surface area contributed by atoms with Crippen molar-refractivity contribution in [2.24, 2.45) is 5.92 Å². The molecule has 0 bridgehead atoms. The number of amides is 1. The molecule has 1 amide bonds. The van der Waals surface area contributed by atoms with Gasteiger partial charge in [-0.25, -0.2) is 8.42 Å². The lowest BCUT2D eigenvalue weighted by Crippen LogP contribution is -2.49. The fourth-order valence-electron chi connectivity index (χ4n) is 4.49. The molecule has 7 heteroatoms. The van der Waals surface area contributed by atoms with Gasteiger partial charge in [-0.1, -0.05) is 18.2 Å². The molecule has 3 aliphatic heterocycles. The summed E-state index contributed by atoms with van der Waals surface area (Å²) in [6, 6.07) is 7.72. The van der Waals surface area contributed by atoms with Crippen molar-refractivity contribution < 1.29 is 17.9 Å². The number of sulfonamides is 1. The van der Waals surface area contributed by atoms with Gasteiger partial charge in [0.2, 0.25) is 15.9 Å². The number of carbonyl (C=O) groups is 1. The highest BCUT2D eigenvalue weighted by Gasteiger charge is 2.39. The van der Waals surface area contributed by atoms with Crippen molar-refractivity contribution >= 4 is 21.6 Å². The summed E-state index contributed by atoms with van der Waals surface area (Å²) >= 11 is 0. The second kappa shape index (κ2) is 7.80. The van der Waals surface area contributed by atoms with Crippen LogP contribution < -0.4 is 4.31 Å². The third kappa shape index (κ3) is 3.85. The summed E-state index contributed by atoms with van der Waals surface area (Å²) in [6.07, 6.45) is 4.50. The molecule has 27 heavy (non-hydrogen) atoms. The minimum atomic E-state index is -3.46. The molecular weight excluding hydrogens is 364 g/mol. The Balaban J connectivity index is 1.44. The molecular formula is C20H28N2O4S. The number of fused-ring (bicyclic) bond motifs is 1. The van der Waals surface area contributed by atoms with Gasteiger partial charge in [-0.3, -0.25) is 9.10 Å². The number of anilines is 1. The zero-order valence-electron chi connectivity index (χ0n) is 15.7. The van der Waals surface area contributed by atoms with Crippen molar-refractivity contribution in [1.82, 2.24) is 4.90 Å². The molecule has 1 unspecified atom stereocenters. The summed E-state index contributed by atoms with van der Waals surface area (Å²) in [6.45, 7) is 2.95. The van der Waals surface area contributed by atoms with E-state index in [1.807, 2.05) is 24.3 Å². The van der Waals surface area contributed by atoms with Crippen LogP contribution in [-0.2, 0) is 26.0 Å². The molecule has 2 saturated heterocycles. The number of benzene rings is 1. The monoisotopic (exact) mass is 392 g/mol. The second-order valence-corrected chi connectivity index (χ2v) is 10.00. The first kappa shape index (κ1) is 18.7. The van der Waals surface area contributed by atoms with E-state index in [0.717, 1.165) is 50.1 Å². The van der Waals surface area contributed by atoms with Gasteiger partial charge in [0.25, 0.3) is 0 Å². The maximum absolute atomic E-state index is 13.3. The Morgan fingerprint density at radius 1 is 1.11 bits per heavy atom. The van der Waals surface area contributed by atoms with E-state index in [-0.39, 0.29) is 5.91 Å². The van der Waals surface area contributed by atoms with Gasteiger partial charge in [-0.2, -0.15) is 0 Å². The Kier molecular flexibility index (Phi) is 5.41. The van der Waals surface area contributed by atoms with E-state index in [9.17, 15) is 13.2 Å². The van der Waals surface area contributed by atoms with Gasteiger partial charge in [0.05, 0.1) is 10.9 Å². The van der Waals surface area contributed by atoms with Gasteiger partial charge in [0, 0.05) is 39.3 Å². The zero-order chi connectivity index (χ0) is 18.9. The van der Waals surface area contributed by atoms with Crippen molar-refractivity contribution in [2.75, 3.05) is 37.2 Å². The third-order valence-corrected chi connectivity index (χ3v) is 8.33. The molecule has 1 aromatic rings. The summed E-state index contributed by atoms with van der Waals surface area (Å²) in [4.78, 5) is 14.5. The Morgan fingerprint density at radius 3 is 2.70 bits per heavy atom. The van der Waals surface area contributed by atoms with Crippen molar-refractivity contribution in [3.8, 4) is 0 Å². The predicted octanol–water partition coefficient (Wildman–Crippen LogP) is 2.19. The molecule has 3 heterocycles. The fourth-order valence-corrected chi connectivity index (χ4v) is 6.48. The normalized spacial score (nSPS) is 24.1. The van der Waals surface area contributed by atoms with E-state index in [1.165, 1.54) is 0 Å². The number of rotatable bonds is 4. The van der Waals surface area contributed by atoms with Crippen molar-refractivity contribution in [3.63, 3.8) is 0 Å². The smallest absolute Gasteiger partial charge is 0.239 e. The number of carbonyl (C=O) groups excluding carboxylic acids is 1. The van der Waals surface area contributed by atoms with Gasteiger partial charge in [-0.05, 0) is 49.7 Å². The van der Waals surface area contributed by atoms with Crippen LogP contribution in [0.5, 0.6) is 0 Å². The van der Waals surface area contributed by atoms with E-state index in [2.05, 4.69) is 0 Å². The number of nitrogens with zero attached hydrogens (tertiary/aromatic N) is 2. The Labute approximate surface area is 161 Å². The summed E-state index contributed by atoms with van der Waals surface area (Å²) in [7, 11) is -3.46. The highest BCUT2D eigenvalue weighted by atomic mass is 32.2. The van der Waals surface area contributed by atoms with Gasteiger partial charge in [0.1, 0.15) is 0 Å². The molecule has 1 atom stereocenters. The molecule has 0 saturated carbocycles. The van der Waals surface area contributed by atoms with Crippen LogP contribution in [-0.4, -0.2) is 57.3 Å². The Bertz CT molecular complexity index is 789. The Morgan fingerprint density at radius 2 is 1.89 bits per heavy atom. The molecule has 0 spiro atoms. The average molecular weight is 393 g/mol. The molecule has 4 rings (SSSR count). The molecule has 2 fully saturated rings. The quantitative estimate of drug-likeness (QED) is 0.788. The second-order valence-electron chi connectivity index (χ2n) is 7.86. The van der Waals surface area contributed by atoms with Gasteiger partial charge >= 0.3 is 0 Å². The number of ether oxygens (including phenoxy) is 1. The van der Waals surface area contributed by atoms with Crippen LogP contribution in [0.1, 0.15) is 37.7 Å². The first-order chi connectivity index (χ1) is 13.1. The number of hydrogen-bond donors (Lipinski definition) is 0. The van der Waals surface area contributed by atoms with Gasteiger partial charge in [0.15, 0.2) is 0 Å². The molecule has 0 aromatic heterocycles. The summed E-state index contributed by atoms with van der Waals surface area (Å²) in [5, 5.41) is -0.504. The summed E-state index contributed by atoms with van der Waals surface area (Å²) in [5.41, 5.74) is 1.90. The van der Waals surface area contributed by atoms with Gasteiger partial charge in [-0.15, -0.1) is 0 Å². The lowest BCUT2D eigenvalue weighted by Gasteiger charge is -2.36. The van der Waals surface area contributed by atoms with E-state index in [1.54, 1.807) is 9.21 Å². The SMILES string of the molecule is O=C(CC1CCOCC1)N1CCCC(S(=O)(=O)N2CCc3ccccc32)C1. The standard InChI is InChI=1S/C20H28N2O4S/c23-20(14-16-8-12-26-13-9-16)21-10-3-5-18(15-21)27(24,25)22-11-7-17-4-1-2-6-19(17)22/h1-2,4,6,16,18H,3,5,7-15H2. The maximum atomic E-state index is 13.3. The molecule has 3 aliphatic rings. The fraction of sp³-hybridized carbons (Fsp3) is 0.650. The van der Waals surface area contributed by atoms with E-state index in [0.29, 0.717) is 38.4 Å². The van der Waals surface area contributed by atoms with Crippen LogP contribution in [0.4, 0.5) is 5.69 Å². The first-order valence-corrected chi connectivity index (χ1v) is 11.5. The van der Waals surface area contributed by atoms with Crippen LogP contribution in [0.3, 0.4) is 0 Å². The minimum Gasteiger partial charge on any atom is -0.381 e. The minimum absolute atomic E-state index is 0.101. The number of piperidine rings is 1. The summed E-state index contributed by atoms with van der Waals surface area (Å²) in [5.74, 6) is 0.470. The van der Waals surface area contributed by atoms with Crippen molar-refractivity contribution in [3.05, 3.63) is 29.8 Å². The molecule has 148 valence electrons.